The molecule has 1 aliphatic rings. The van der Waals surface area contributed by atoms with E-state index in [1.165, 1.54) is 0 Å². The molecule has 1 saturated heterocycles. The van der Waals surface area contributed by atoms with Crippen molar-refractivity contribution in [3.05, 3.63) is 53.0 Å². The minimum absolute atomic E-state index is 0.230. The Balaban J connectivity index is 1.46. The van der Waals surface area contributed by atoms with Gasteiger partial charge < -0.3 is 9.47 Å². The summed E-state index contributed by atoms with van der Waals surface area (Å²) in [5, 5.41) is 2.02. The van der Waals surface area contributed by atoms with Crippen LogP contribution in [0.15, 0.2) is 42.4 Å². The molecule has 4 heterocycles. The summed E-state index contributed by atoms with van der Waals surface area (Å²) < 4.78 is 1.96. The molecule has 27 heavy (non-hydrogen) atoms. The van der Waals surface area contributed by atoms with Crippen LogP contribution in [0.25, 0.3) is 11.4 Å². The van der Waals surface area contributed by atoms with Crippen molar-refractivity contribution in [2.45, 2.75) is 25.7 Å². The third-order valence-corrected chi connectivity index (χ3v) is 5.97. The normalized spacial score (nSPS) is 17.2. The van der Waals surface area contributed by atoms with Crippen molar-refractivity contribution in [1.82, 2.24) is 24.4 Å². The van der Waals surface area contributed by atoms with Crippen molar-refractivity contribution < 1.29 is 4.79 Å². The van der Waals surface area contributed by atoms with Crippen molar-refractivity contribution in [3.8, 4) is 11.4 Å². The third-order valence-electron chi connectivity index (χ3n) is 5.09. The smallest absolute Gasteiger partial charge is 0.227 e. The maximum absolute atomic E-state index is 12.7. The predicted molar refractivity (Wildman–Crippen MR) is 105 cm³/mol. The molecule has 0 unspecified atom stereocenters. The lowest BCUT2D eigenvalue weighted by Crippen LogP contribution is -2.41. The summed E-state index contributed by atoms with van der Waals surface area (Å²) >= 11 is 1.65. The first-order chi connectivity index (χ1) is 13.2. The molecule has 0 radical (unpaired) electrons. The molecular formula is C20H23N5OS. The highest BCUT2D eigenvalue weighted by Gasteiger charge is 2.25. The van der Waals surface area contributed by atoms with Gasteiger partial charge in [-0.15, -0.1) is 11.3 Å². The van der Waals surface area contributed by atoms with Crippen LogP contribution in [0, 0.1) is 5.92 Å². The van der Waals surface area contributed by atoms with Gasteiger partial charge in [0.15, 0.2) is 0 Å². The Bertz CT molecular complexity index is 905. The molecule has 0 spiro atoms. The van der Waals surface area contributed by atoms with E-state index in [0.717, 1.165) is 54.3 Å². The Hall–Kier alpha value is -2.54. The van der Waals surface area contributed by atoms with E-state index in [2.05, 4.69) is 15.0 Å². The monoisotopic (exact) mass is 381 g/mol. The fourth-order valence-electron chi connectivity index (χ4n) is 3.72. The van der Waals surface area contributed by atoms with Crippen molar-refractivity contribution in [1.29, 1.82) is 0 Å². The van der Waals surface area contributed by atoms with E-state index < -0.39 is 0 Å². The number of aryl methyl sites for hydroxylation is 1. The quantitative estimate of drug-likeness (QED) is 0.682. The zero-order chi connectivity index (χ0) is 18.6. The summed E-state index contributed by atoms with van der Waals surface area (Å²) in [6.07, 6.45) is 10.6. The largest absolute Gasteiger partial charge is 0.342 e. The van der Waals surface area contributed by atoms with E-state index in [0.29, 0.717) is 12.3 Å². The van der Waals surface area contributed by atoms with E-state index in [1.807, 2.05) is 40.2 Å². The zero-order valence-corrected chi connectivity index (χ0v) is 16.2. The Labute approximate surface area is 162 Å². The highest BCUT2D eigenvalue weighted by atomic mass is 32.1. The average Bonchev–Trinajstić information content (AvgIpc) is 3.34. The van der Waals surface area contributed by atoms with Crippen molar-refractivity contribution >= 4 is 17.2 Å². The van der Waals surface area contributed by atoms with Gasteiger partial charge in [0.05, 0.1) is 30.3 Å². The number of carbonyl (C=O) groups is 1. The van der Waals surface area contributed by atoms with Gasteiger partial charge in [0.2, 0.25) is 5.91 Å². The first-order valence-corrected chi connectivity index (χ1v) is 10.2. The Morgan fingerprint density at radius 2 is 2.22 bits per heavy atom. The molecular weight excluding hydrogens is 358 g/mol. The molecule has 3 aromatic heterocycles. The molecule has 0 bridgehead atoms. The van der Waals surface area contributed by atoms with Crippen LogP contribution in [-0.4, -0.2) is 43.4 Å². The standard InChI is InChI=1S/C20H23N5OS/c1-24-14-21-12-18(24)20-17(22-6-7-23-20)10-15-4-2-8-25(13-15)19(26)11-16-5-3-9-27-16/h3,5-7,9,12,14-15H,2,4,8,10-11,13H2,1H3/t15-/m1/s1. The number of nitrogens with zero attached hydrogens (tertiary/aromatic N) is 5. The maximum atomic E-state index is 12.7. The lowest BCUT2D eigenvalue weighted by molar-refractivity contribution is -0.132. The fourth-order valence-corrected chi connectivity index (χ4v) is 4.42. The van der Waals surface area contributed by atoms with Crippen molar-refractivity contribution in [2.24, 2.45) is 13.0 Å². The van der Waals surface area contributed by atoms with E-state index in [-0.39, 0.29) is 5.91 Å². The molecule has 140 valence electrons. The summed E-state index contributed by atoms with van der Waals surface area (Å²) in [5.74, 6) is 0.642. The van der Waals surface area contributed by atoms with Crippen LogP contribution >= 0.6 is 11.3 Å². The molecule has 0 N–H and O–H groups in total. The number of thiophene rings is 1. The molecule has 0 aliphatic carbocycles. The van der Waals surface area contributed by atoms with Crippen LogP contribution < -0.4 is 0 Å². The summed E-state index contributed by atoms with van der Waals surface area (Å²) in [6, 6.07) is 4.03. The minimum Gasteiger partial charge on any atom is -0.342 e. The van der Waals surface area contributed by atoms with Crippen LogP contribution in [0.5, 0.6) is 0 Å². The second-order valence-corrected chi connectivity index (χ2v) is 8.08. The van der Waals surface area contributed by atoms with E-state index in [4.69, 9.17) is 0 Å². The van der Waals surface area contributed by atoms with Crippen LogP contribution in [0.1, 0.15) is 23.4 Å². The van der Waals surface area contributed by atoms with Gasteiger partial charge in [0.25, 0.3) is 0 Å². The summed E-state index contributed by atoms with van der Waals surface area (Å²) in [5.41, 5.74) is 2.85. The number of rotatable bonds is 5. The van der Waals surface area contributed by atoms with Gasteiger partial charge in [0.1, 0.15) is 5.69 Å². The zero-order valence-electron chi connectivity index (χ0n) is 15.4. The second-order valence-electron chi connectivity index (χ2n) is 7.05. The Morgan fingerprint density at radius 3 is 3.00 bits per heavy atom. The van der Waals surface area contributed by atoms with Crippen molar-refractivity contribution in [2.75, 3.05) is 13.1 Å². The van der Waals surface area contributed by atoms with E-state index >= 15 is 0 Å². The molecule has 1 amide bonds. The topological polar surface area (TPSA) is 63.9 Å². The number of hydrogen-bond acceptors (Lipinski definition) is 5. The van der Waals surface area contributed by atoms with E-state index in [9.17, 15) is 4.79 Å². The Kier molecular flexibility index (Phi) is 5.29. The highest BCUT2D eigenvalue weighted by Crippen LogP contribution is 2.26. The van der Waals surface area contributed by atoms with Gasteiger partial charge in [-0.05, 0) is 36.6 Å². The average molecular weight is 382 g/mol. The van der Waals surface area contributed by atoms with Gasteiger partial charge in [0, 0.05) is 37.4 Å². The summed E-state index contributed by atoms with van der Waals surface area (Å²) in [7, 11) is 1.96. The molecule has 1 fully saturated rings. The SMILES string of the molecule is Cn1cncc1-c1nccnc1C[C@H]1CCCN(C(=O)Cc2cccs2)C1. The maximum Gasteiger partial charge on any atom is 0.227 e. The number of likely N-dealkylation sites (tertiary alicyclic amines) is 1. The second kappa shape index (κ2) is 8.00. The first-order valence-electron chi connectivity index (χ1n) is 9.27. The summed E-state index contributed by atoms with van der Waals surface area (Å²) in [4.78, 5) is 29.2. The van der Waals surface area contributed by atoms with Gasteiger partial charge in [-0.1, -0.05) is 6.07 Å². The van der Waals surface area contributed by atoms with Gasteiger partial charge in [-0.25, -0.2) is 4.98 Å². The fraction of sp³-hybridized carbons (Fsp3) is 0.400. The molecule has 4 rings (SSSR count). The number of carbonyl (C=O) groups excluding carboxylic acids is 1. The number of piperidine rings is 1. The summed E-state index contributed by atoms with van der Waals surface area (Å²) in [6.45, 7) is 1.65. The predicted octanol–water partition coefficient (Wildman–Crippen LogP) is 2.96. The minimum atomic E-state index is 0.230. The molecule has 6 nitrogen and oxygen atoms in total. The molecule has 7 heteroatoms. The van der Waals surface area contributed by atoms with Crippen LogP contribution in [0.2, 0.25) is 0 Å². The van der Waals surface area contributed by atoms with Gasteiger partial charge >= 0.3 is 0 Å². The van der Waals surface area contributed by atoms with Crippen LogP contribution in [0.4, 0.5) is 0 Å². The molecule has 1 aliphatic heterocycles. The van der Waals surface area contributed by atoms with Crippen LogP contribution in [0.3, 0.4) is 0 Å². The number of imidazole rings is 1. The van der Waals surface area contributed by atoms with Gasteiger partial charge in [-0.2, -0.15) is 0 Å². The lowest BCUT2D eigenvalue weighted by atomic mass is 9.92. The van der Waals surface area contributed by atoms with Gasteiger partial charge in [-0.3, -0.25) is 14.8 Å². The highest BCUT2D eigenvalue weighted by molar-refractivity contribution is 7.10. The molecule has 3 aromatic rings. The number of hydrogen-bond donors (Lipinski definition) is 0. The van der Waals surface area contributed by atoms with Crippen molar-refractivity contribution in [3.63, 3.8) is 0 Å². The molecule has 1 atom stereocenters. The lowest BCUT2D eigenvalue weighted by Gasteiger charge is -2.33. The molecule has 0 aromatic carbocycles. The van der Waals surface area contributed by atoms with E-state index in [1.54, 1.807) is 30.1 Å². The van der Waals surface area contributed by atoms with Crippen LogP contribution in [-0.2, 0) is 24.7 Å². The molecule has 0 saturated carbocycles. The first kappa shape index (κ1) is 17.9. The number of aromatic nitrogens is 4. The third kappa shape index (κ3) is 4.08. The number of amides is 1. The Morgan fingerprint density at radius 1 is 1.33 bits per heavy atom.